The highest BCUT2D eigenvalue weighted by atomic mass is 32.1. The maximum atomic E-state index is 13.1. The van der Waals surface area contributed by atoms with Crippen LogP contribution in [0.15, 0.2) is 55.0 Å². The van der Waals surface area contributed by atoms with E-state index in [-0.39, 0.29) is 5.91 Å². The largest absolute Gasteiger partial charge is 0.492 e. The quantitative estimate of drug-likeness (QED) is 0.529. The second kappa shape index (κ2) is 7.82. The molecule has 0 unspecified atom stereocenters. The van der Waals surface area contributed by atoms with Crippen LogP contribution in [0.5, 0.6) is 5.75 Å². The minimum atomic E-state index is -0.0512. The van der Waals surface area contributed by atoms with Crippen molar-refractivity contribution in [3.63, 3.8) is 0 Å². The molecule has 0 aliphatic rings. The molecule has 28 heavy (non-hydrogen) atoms. The third-order valence-corrected chi connectivity index (χ3v) is 5.59. The van der Waals surface area contributed by atoms with Crippen LogP contribution in [0.4, 0.5) is 0 Å². The van der Waals surface area contributed by atoms with Crippen LogP contribution in [-0.2, 0) is 6.54 Å². The van der Waals surface area contributed by atoms with E-state index >= 15 is 0 Å². The van der Waals surface area contributed by atoms with Crippen molar-refractivity contribution in [2.45, 2.75) is 13.5 Å². The summed E-state index contributed by atoms with van der Waals surface area (Å²) in [7, 11) is 1.79. The van der Waals surface area contributed by atoms with Gasteiger partial charge in [-0.05, 0) is 12.5 Å². The van der Waals surface area contributed by atoms with E-state index in [0.717, 1.165) is 32.7 Å². The molecule has 0 radical (unpaired) electrons. The van der Waals surface area contributed by atoms with Crippen molar-refractivity contribution in [3.8, 4) is 16.2 Å². The molecule has 1 N–H and O–H groups in total. The van der Waals surface area contributed by atoms with Gasteiger partial charge < -0.3 is 9.64 Å². The predicted octanol–water partition coefficient (Wildman–Crippen LogP) is 4.36. The van der Waals surface area contributed by atoms with Gasteiger partial charge in [0.2, 0.25) is 0 Å². The summed E-state index contributed by atoms with van der Waals surface area (Å²) in [6.07, 6.45) is 5.25. The van der Waals surface area contributed by atoms with E-state index in [1.54, 1.807) is 30.5 Å². The van der Waals surface area contributed by atoms with Crippen LogP contribution in [0.2, 0.25) is 0 Å². The van der Waals surface area contributed by atoms with Crippen LogP contribution < -0.4 is 4.74 Å². The number of aromatic amines is 1. The maximum absolute atomic E-state index is 13.1. The van der Waals surface area contributed by atoms with Gasteiger partial charge in [0.1, 0.15) is 5.75 Å². The lowest BCUT2D eigenvalue weighted by molar-refractivity contribution is 0.0790. The fourth-order valence-corrected chi connectivity index (χ4v) is 4.19. The summed E-state index contributed by atoms with van der Waals surface area (Å²) in [5.74, 6) is 0.692. The number of thiophene rings is 1. The van der Waals surface area contributed by atoms with E-state index in [1.165, 1.54) is 11.3 Å². The average Bonchev–Trinajstić information content (AvgIpc) is 3.36. The number of carbonyl (C=O) groups excluding carboxylic acids is 1. The summed E-state index contributed by atoms with van der Waals surface area (Å²) in [6.45, 7) is 2.93. The Bertz CT molecular complexity index is 1100. The molecular formula is C21H20N4O2S. The summed E-state index contributed by atoms with van der Waals surface area (Å²) in [6, 6.07) is 11.8. The highest BCUT2D eigenvalue weighted by Gasteiger charge is 2.20. The molecule has 0 bridgehead atoms. The van der Waals surface area contributed by atoms with Gasteiger partial charge in [-0.15, -0.1) is 11.3 Å². The molecule has 7 heteroatoms. The molecule has 3 aromatic heterocycles. The van der Waals surface area contributed by atoms with E-state index in [1.807, 2.05) is 43.3 Å². The van der Waals surface area contributed by atoms with E-state index in [9.17, 15) is 4.79 Å². The molecule has 1 amide bonds. The number of rotatable bonds is 6. The number of nitrogens with zero attached hydrogens (tertiary/aromatic N) is 3. The minimum Gasteiger partial charge on any atom is -0.492 e. The maximum Gasteiger partial charge on any atom is 0.264 e. The lowest BCUT2D eigenvalue weighted by Gasteiger charge is -2.16. The van der Waals surface area contributed by atoms with Crippen LogP contribution in [0.1, 0.15) is 22.2 Å². The number of H-pyrrole nitrogens is 1. The molecule has 0 saturated carbocycles. The van der Waals surface area contributed by atoms with Crippen molar-refractivity contribution in [1.29, 1.82) is 0 Å². The fourth-order valence-electron chi connectivity index (χ4n) is 3.09. The van der Waals surface area contributed by atoms with E-state index in [0.29, 0.717) is 18.0 Å². The Hall–Kier alpha value is -3.19. The molecule has 0 spiro atoms. The van der Waals surface area contributed by atoms with E-state index in [2.05, 4.69) is 15.2 Å². The lowest BCUT2D eigenvalue weighted by atomic mass is 10.2. The highest BCUT2D eigenvalue weighted by molar-refractivity contribution is 7.17. The van der Waals surface area contributed by atoms with Crippen molar-refractivity contribution in [2.75, 3.05) is 13.7 Å². The molecule has 6 nitrogen and oxygen atoms in total. The van der Waals surface area contributed by atoms with Crippen LogP contribution in [-0.4, -0.2) is 39.6 Å². The Morgan fingerprint density at radius 3 is 2.82 bits per heavy atom. The number of amides is 1. The number of hydrogen-bond donors (Lipinski definition) is 1. The monoisotopic (exact) mass is 392 g/mol. The zero-order valence-electron chi connectivity index (χ0n) is 15.7. The van der Waals surface area contributed by atoms with Gasteiger partial charge in [0.05, 0.1) is 28.1 Å². The fraction of sp³-hybridized carbons (Fsp3) is 0.190. The zero-order chi connectivity index (χ0) is 19.5. The van der Waals surface area contributed by atoms with Crippen LogP contribution in [0.3, 0.4) is 0 Å². The number of benzene rings is 1. The number of fused-ring (bicyclic) bond motifs is 1. The van der Waals surface area contributed by atoms with Crippen LogP contribution in [0, 0.1) is 0 Å². The molecule has 0 aliphatic heterocycles. The van der Waals surface area contributed by atoms with E-state index in [4.69, 9.17) is 4.74 Å². The number of nitrogens with one attached hydrogen (secondary N) is 1. The van der Waals surface area contributed by atoms with Gasteiger partial charge in [-0.2, -0.15) is 5.10 Å². The SMILES string of the molecule is CCOc1cc(C(=O)N(C)Cc2cncc3cn[nH]c23)sc1-c1ccccc1. The molecule has 0 aliphatic carbocycles. The zero-order valence-corrected chi connectivity index (χ0v) is 16.5. The first kappa shape index (κ1) is 18.2. The summed E-state index contributed by atoms with van der Waals surface area (Å²) in [4.78, 5) is 20.6. The van der Waals surface area contributed by atoms with Gasteiger partial charge in [0.25, 0.3) is 5.91 Å². The summed E-state index contributed by atoms with van der Waals surface area (Å²) in [5, 5.41) is 7.97. The molecule has 1 aromatic carbocycles. The Kier molecular flexibility index (Phi) is 5.08. The number of aromatic nitrogens is 3. The number of ether oxygens (including phenoxy) is 1. The summed E-state index contributed by atoms with van der Waals surface area (Å²) >= 11 is 1.45. The van der Waals surface area contributed by atoms with Crippen molar-refractivity contribution >= 4 is 28.1 Å². The second-order valence-corrected chi connectivity index (χ2v) is 7.45. The smallest absolute Gasteiger partial charge is 0.264 e. The van der Waals surface area contributed by atoms with Gasteiger partial charge in [-0.3, -0.25) is 14.9 Å². The Balaban J connectivity index is 1.61. The number of hydrogen-bond acceptors (Lipinski definition) is 5. The lowest BCUT2D eigenvalue weighted by Crippen LogP contribution is -2.25. The molecule has 0 saturated heterocycles. The predicted molar refractivity (Wildman–Crippen MR) is 111 cm³/mol. The first-order valence-electron chi connectivity index (χ1n) is 9.01. The topological polar surface area (TPSA) is 71.1 Å². The Morgan fingerprint density at radius 2 is 2.04 bits per heavy atom. The van der Waals surface area contributed by atoms with Crippen LogP contribution >= 0.6 is 11.3 Å². The molecule has 4 rings (SSSR count). The third-order valence-electron chi connectivity index (χ3n) is 4.43. The van der Waals surface area contributed by atoms with Gasteiger partial charge in [-0.25, -0.2) is 0 Å². The van der Waals surface area contributed by atoms with Gasteiger partial charge in [-0.1, -0.05) is 30.3 Å². The second-order valence-electron chi connectivity index (χ2n) is 6.40. The summed E-state index contributed by atoms with van der Waals surface area (Å²) in [5.41, 5.74) is 2.88. The third kappa shape index (κ3) is 3.48. The molecular weight excluding hydrogens is 372 g/mol. The molecule has 3 heterocycles. The van der Waals surface area contributed by atoms with E-state index < -0.39 is 0 Å². The van der Waals surface area contributed by atoms with Gasteiger partial charge in [0.15, 0.2) is 0 Å². The molecule has 0 fully saturated rings. The van der Waals surface area contributed by atoms with Crippen molar-refractivity contribution in [3.05, 3.63) is 65.4 Å². The van der Waals surface area contributed by atoms with Gasteiger partial charge in [0, 0.05) is 43.0 Å². The van der Waals surface area contributed by atoms with Crippen LogP contribution in [0.25, 0.3) is 21.3 Å². The molecule has 0 atom stereocenters. The molecule has 4 aromatic rings. The minimum absolute atomic E-state index is 0.0512. The van der Waals surface area contributed by atoms with Crippen molar-refractivity contribution < 1.29 is 9.53 Å². The average molecular weight is 392 g/mol. The standard InChI is InChI=1S/C21H20N4O2S/c1-3-27-17-9-18(28-20(17)14-7-5-4-6-8-14)21(26)25(2)13-16-11-22-10-15-12-23-24-19(15)16/h4-12H,3,13H2,1-2H3,(H,23,24). The molecule has 142 valence electrons. The van der Waals surface area contributed by atoms with Crippen molar-refractivity contribution in [2.24, 2.45) is 0 Å². The number of pyridine rings is 1. The van der Waals surface area contributed by atoms with Gasteiger partial charge >= 0.3 is 0 Å². The normalized spacial score (nSPS) is 10.9. The number of carbonyl (C=O) groups is 1. The summed E-state index contributed by atoms with van der Waals surface area (Å²) < 4.78 is 5.78. The Morgan fingerprint density at radius 1 is 1.21 bits per heavy atom. The Labute approximate surface area is 166 Å². The first-order chi connectivity index (χ1) is 13.7. The first-order valence-corrected chi connectivity index (χ1v) is 9.82. The highest BCUT2D eigenvalue weighted by Crippen LogP contribution is 2.39. The van der Waals surface area contributed by atoms with Crippen molar-refractivity contribution in [1.82, 2.24) is 20.1 Å².